The molecule has 2 aromatic heterocycles. The van der Waals surface area contributed by atoms with E-state index in [4.69, 9.17) is 0 Å². The molecule has 7 heteroatoms. The van der Waals surface area contributed by atoms with Crippen molar-refractivity contribution in [1.29, 1.82) is 0 Å². The number of fused-ring (bicyclic) bond motifs is 2. The molecule has 0 spiro atoms. The van der Waals surface area contributed by atoms with Gasteiger partial charge in [0.2, 0.25) is 5.82 Å². The molecule has 1 saturated carbocycles. The lowest BCUT2D eigenvalue weighted by molar-refractivity contribution is 0.0917. The van der Waals surface area contributed by atoms with Gasteiger partial charge in [-0.1, -0.05) is 31.4 Å². The number of anilines is 2. The van der Waals surface area contributed by atoms with Gasteiger partial charge in [0.15, 0.2) is 0 Å². The van der Waals surface area contributed by atoms with E-state index >= 15 is 0 Å². The summed E-state index contributed by atoms with van der Waals surface area (Å²) in [5.74, 6) is 0.601. The van der Waals surface area contributed by atoms with Crippen LogP contribution in [0.25, 0.3) is 21.8 Å². The predicted octanol–water partition coefficient (Wildman–Crippen LogP) is 4.31. The van der Waals surface area contributed by atoms with Gasteiger partial charge in [0.05, 0.1) is 17.2 Å². The summed E-state index contributed by atoms with van der Waals surface area (Å²) in [6.07, 6.45) is 7.39. The van der Waals surface area contributed by atoms with E-state index in [0.29, 0.717) is 5.82 Å². The number of nitrogens with zero attached hydrogens (tertiary/aromatic N) is 3. The fraction of sp³-hybridized carbons (Fsp3) is 0.273. The van der Waals surface area contributed by atoms with Crippen LogP contribution in [0.15, 0.2) is 48.7 Å². The molecule has 1 amide bonds. The number of benzene rings is 2. The molecule has 7 nitrogen and oxygen atoms in total. The van der Waals surface area contributed by atoms with Crippen LogP contribution in [0.5, 0.6) is 0 Å². The molecule has 2 heterocycles. The number of H-pyrrole nitrogens is 1. The SMILES string of the molecule is O=C(NC1CCCCC1)c1nc(Nc2ccc3[nH]ncc3c2)c2ccccc2n1. The number of hydrogen-bond acceptors (Lipinski definition) is 5. The molecular formula is C22H22N6O. The van der Waals surface area contributed by atoms with Gasteiger partial charge in [-0.25, -0.2) is 9.97 Å². The van der Waals surface area contributed by atoms with Crippen molar-refractivity contribution in [2.75, 3.05) is 5.32 Å². The van der Waals surface area contributed by atoms with Gasteiger partial charge in [0, 0.05) is 22.5 Å². The Labute approximate surface area is 167 Å². The van der Waals surface area contributed by atoms with Crippen molar-refractivity contribution in [2.24, 2.45) is 0 Å². The first-order valence-corrected chi connectivity index (χ1v) is 10.0. The molecule has 0 bridgehead atoms. The summed E-state index contributed by atoms with van der Waals surface area (Å²) in [6.45, 7) is 0. The summed E-state index contributed by atoms with van der Waals surface area (Å²) in [7, 11) is 0. The number of hydrogen-bond donors (Lipinski definition) is 3. The zero-order chi connectivity index (χ0) is 19.6. The van der Waals surface area contributed by atoms with Crippen LogP contribution in [0.1, 0.15) is 42.7 Å². The summed E-state index contributed by atoms with van der Waals surface area (Å²) in [6, 6.07) is 13.8. The summed E-state index contributed by atoms with van der Waals surface area (Å²) >= 11 is 0. The minimum Gasteiger partial charge on any atom is -0.347 e. The first kappa shape index (κ1) is 17.6. The van der Waals surface area contributed by atoms with Crippen molar-refractivity contribution in [3.8, 4) is 0 Å². The van der Waals surface area contributed by atoms with Crippen molar-refractivity contribution in [2.45, 2.75) is 38.1 Å². The minimum atomic E-state index is -0.212. The Morgan fingerprint density at radius 2 is 1.90 bits per heavy atom. The number of aromatic nitrogens is 4. The molecule has 0 saturated heterocycles. The number of para-hydroxylation sites is 1. The van der Waals surface area contributed by atoms with Crippen LogP contribution in [-0.2, 0) is 0 Å². The van der Waals surface area contributed by atoms with Gasteiger partial charge < -0.3 is 10.6 Å². The van der Waals surface area contributed by atoms with Gasteiger partial charge in [-0.2, -0.15) is 5.10 Å². The average Bonchev–Trinajstić information content (AvgIpc) is 3.22. The highest BCUT2D eigenvalue weighted by atomic mass is 16.2. The molecule has 0 atom stereocenters. The second-order valence-corrected chi connectivity index (χ2v) is 7.52. The largest absolute Gasteiger partial charge is 0.347 e. The highest BCUT2D eigenvalue weighted by Gasteiger charge is 2.20. The maximum absolute atomic E-state index is 12.8. The standard InChI is InChI=1S/C22H22N6O/c29-22(25-15-6-2-1-3-7-15)21-26-19-9-5-4-8-17(19)20(27-21)24-16-10-11-18-14(12-16)13-23-28-18/h4-5,8-13,15H,1-3,6-7H2,(H,23,28)(H,25,29)(H,24,26,27). The maximum Gasteiger partial charge on any atom is 0.289 e. The summed E-state index contributed by atoms with van der Waals surface area (Å²) in [4.78, 5) is 21.9. The molecule has 1 aliphatic rings. The number of rotatable bonds is 4. The fourth-order valence-corrected chi connectivity index (χ4v) is 3.93. The molecule has 0 aliphatic heterocycles. The zero-order valence-corrected chi connectivity index (χ0v) is 16.0. The van der Waals surface area contributed by atoms with Gasteiger partial charge in [0.25, 0.3) is 5.91 Å². The van der Waals surface area contributed by atoms with Crippen LogP contribution in [0.4, 0.5) is 11.5 Å². The molecule has 1 aliphatic carbocycles. The summed E-state index contributed by atoms with van der Waals surface area (Å²) in [5.41, 5.74) is 2.58. The van der Waals surface area contributed by atoms with E-state index in [0.717, 1.165) is 53.2 Å². The smallest absolute Gasteiger partial charge is 0.289 e. The number of amides is 1. The first-order chi connectivity index (χ1) is 14.3. The third kappa shape index (κ3) is 3.63. The van der Waals surface area contributed by atoms with Gasteiger partial charge in [0.1, 0.15) is 5.82 Å². The third-order valence-corrected chi connectivity index (χ3v) is 5.45. The van der Waals surface area contributed by atoms with Crippen molar-refractivity contribution in [3.05, 3.63) is 54.5 Å². The number of carbonyl (C=O) groups is 1. The lowest BCUT2D eigenvalue weighted by atomic mass is 9.95. The predicted molar refractivity (Wildman–Crippen MR) is 113 cm³/mol. The van der Waals surface area contributed by atoms with Gasteiger partial charge in [-0.15, -0.1) is 0 Å². The van der Waals surface area contributed by atoms with Crippen LogP contribution in [0.3, 0.4) is 0 Å². The molecule has 2 aromatic carbocycles. The Kier molecular flexibility index (Phi) is 4.56. The van der Waals surface area contributed by atoms with E-state index in [1.54, 1.807) is 6.20 Å². The summed E-state index contributed by atoms with van der Waals surface area (Å²) < 4.78 is 0. The topological polar surface area (TPSA) is 95.6 Å². The van der Waals surface area contributed by atoms with E-state index in [2.05, 4.69) is 30.8 Å². The molecule has 4 aromatic rings. The second kappa shape index (κ2) is 7.50. The fourth-order valence-electron chi connectivity index (χ4n) is 3.93. The molecule has 0 radical (unpaired) electrons. The second-order valence-electron chi connectivity index (χ2n) is 7.52. The molecule has 29 heavy (non-hydrogen) atoms. The lowest BCUT2D eigenvalue weighted by Gasteiger charge is -2.22. The third-order valence-electron chi connectivity index (χ3n) is 5.45. The summed E-state index contributed by atoms with van der Waals surface area (Å²) in [5, 5.41) is 15.3. The van der Waals surface area contributed by atoms with Crippen LogP contribution in [0, 0.1) is 0 Å². The normalized spacial score (nSPS) is 14.9. The maximum atomic E-state index is 12.8. The minimum absolute atomic E-state index is 0.196. The van der Waals surface area contributed by atoms with Gasteiger partial charge in [-0.05, 0) is 43.2 Å². The molecule has 0 unspecified atom stereocenters. The van der Waals surface area contributed by atoms with Crippen LogP contribution in [-0.4, -0.2) is 32.1 Å². The number of aromatic amines is 1. The molecule has 1 fully saturated rings. The Balaban J connectivity index is 1.48. The molecule has 3 N–H and O–H groups in total. The van der Waals surface area contributed by atoms with Crippen molar-refractivity contribution >= 4 is 39.2 Å². The molecular weight excluding hydrogens is 364 g/mol. The Hall–Kier alpha value is -3.48. The molecule has 146 valence electrons. The highest BCUT2D eigenvalue weighted by molar-refractivity contribution is 5.97. The monoisotopic (exact) mass is 386 g/mol. The Morgan fingerprint density at radius 1 is 1.03 bits per heavy atom. The van der Waals surface area contributed by atoms with Gasteiger partial charge in [-0.3, -0.25) is 9.89 Å². The lowest BCUT2D eigenvalue weighted by Crippen LogP contribution is -2.37. The van der Waals surface area contributed by atoms with Crippen LogP contribution < -0.4 is 10.6 Å². The van der Waals surface area contributed by atoms with E-state index in [1.165, 1.54) is 6.42 Å². The average molecular weight is 386 g/mol. The quantitative estimate of drug-likeness (QED) is 0.486. The Morgan fingerprint density at radius 3 is 2.79 bits per heavy atom. The van der Waals surface area contributed by atoms with E-state index in [9.17, 15) is 4.79 Å². The van der Waals surface area contributed by atoms with Gasteiger partial charge >= 0.3 is 0 Å². The van der Waals surface area contributed by atoms with Crippen molar-refractivity contribution in [3.63, 3.8) is 0 Å². The zero-order valence-electron chi connectivity index (χ0n) is 16.0. The number of carbonyl (C=O) groups excluding carboxylic acids is 1. The van der Waals surface area contributed by atoms with Crippen LogP contribution >= 0.6 is 0 Å². The van der Waals surface area contributed by atoms with E-state index in [-0.39, 0.29) is 17.8 Å². The van der Waals surface area contributed by atoms with E-state index in [1.807, 2.05) is 42.5 Å². The first-order valence-electron chi connectivity index (χ1n) is 10.0. The Bertz CT molecular complexity index is 1180. The number of nitrogens with one attached hydrogen (secondary N) is 3. The van der Waals surface area contributed by atoms with E-state index < -0.39 is 0 Å². The highest BCUT2D eigenvalue weighted by Crippen LogP contribution is 2.26. The molecule has 5 rings (SSSR count). The van der Waals surface area contributed by atoms with Crippen LogP contribution in [0.2, 0.25) is 0 Å². The van der Waals surface area contributed by atoms with Crippen molar-refractivity contribution < 1.29 is 4.79 Å². The van der Waals surface area contributed by atoms with Crippen molar-refractivity contribution in [1.82, 2.24) is 25.5 Å².